The van der Waals surface area contributed by atoms with Gasteiger partial charge in [-0.15, -0.1) is 0 Å². The van der Waals surface area contributed by atoms with Gasteiger partial charge >= 0.3 is 0 Å². The summed E-state index contributed by atoms with van der Waals surface area (Å²) in [7, 11) is -3.05. The minimum absolute atomic E-state index is 0.0111. The van der Waals surface area contributed by atoms with Crippen molar-refractivity contribution in [3.8, 4) is 0 Å². The zero-order valence-electron chi connectivity index (χ0n) is 11.8. The van der Waals surface area contributed by atoms with Crippen LogP contribution in [-0.4, -0.2) is 31.4 Å². The Bertz CT molecular complexity index is 688. The molecule has 1 saturated carbocycles. The quantitative estimate of drug-likeness (QED) is 0.922. The van der Waals surface area contributed by atoms with Crippen molar-refractivity contribution in [2.75, 3.05) is 11.5 Å². The van der Waals surface area contributed by atoms with E-state index in [1.165, 1.54) is 6.07 Å². The second-order valence-corrected chi connectivity index (χ2v) is 8.55. The van der Waals surface area contributed by atoms with Crippen molar-refractivity contribution in [1.82, 2.24) is 5.32 Å². The van der Waals surface area contributed by atoms with E-state index in [1.807, 2.05) is 0 Å². The predicted octanol–water partition coefficient (Wildman–Crippen LogP) is 1.62. The Hall–Kier alpha value is -1.43. The minimum atomic E-state index is -3.05. The van der Waals surface area contributed by atoms with Crippen LogP contribution in [0, 0.1) is 11.7 Å². The molecular weight excluding hydrogens is 293 g/mol. The number of sulfone groups is 1. The number of hydrogen-bond donors (Lipinski definition) is 1. The molecule has 4 nitrogen and oxygen atoms in total. The Morgan fingerprint density at radius 2 is 2.10 bits per heavy atom. The highest BCUT2D eigenvalue weighted by Gasteiger charge is 2.48. The maximum atomic E-state index is 13.7. The van der Waals surface area contributed by atoms with Crippen LogP contribution in [0.5, 0.6) is 0 Å². The van der Waals surface area contributed by atoms with E-state index in [0.29, 0.717) is 18.4 Å². The fourth-order valence-electron chi connectivity index (χ4n) is 3.10. The normalized spacial score (nSPS) is 33.6. The first-order valence-corrected chi connectivity index (χ1v) is 8.89. The molecule has 0 bridgehead atoms. The molecule has 2 aliphatic rings. The van der Waals surface area contributed by atoms with Gasteiger partial charge in [-0.3, -0.25) is 4.79 Å². The summed E-state index contributed by atoms with van der Waals surface area (Å²) in [6.07, 6.45) is 1.06. The molecule has 2 fully saturated rings. The molecule has 3 atom stereocenters. The van der Waals surface area contributed by atoms with Crippen molar-refractivity contribution >= 4 is 15.7 Å². The molecule has 1 aliphatic heterocycles. The van der Waals surface area contributed by atoms with Crippen LogP contribution in [0.3, 0.4) is 0 Å². The number of amides is 1. The van der Waals surface area contributed by atoms with Gasteiger partial charge in [0.15, 0.2) is 9.84 Å². The lowest BCUT2D eigenvalue weighted by Crippen LogP contribution is -2.47. The predicted molar refractivity (Wildman–Crippen MR) is 77.1 cm³/mol. The molecule has 3 rings (SSSR count). The Morgan fingerprint density at radius 1 is 1.38 bits per heavy atom. The van der Waals surface area contributed by atoms with Gasteiger partial charge in [-0.05, 0) is 37.3 Å². The Kier molecular flexibility index (Phi) is 3.31. The molecule has 114 valence electrons. The number of carbonyl (C=O) groups is 1. The fourth-order valence-corrected chi connectivity index (χ4v) is 5.20. The number of rotatable bonds is 3. The van der Waals surface area contributed by atoms with Gasteiger partial charge in [-0.2, -0.15) is 0 Å². The van der Waals surface area contributed by atoms with E-state index in [9.17, 15) is 17.6 Å². The summed E-state index contributed by atoms with van der Waals surface area (Å²) in [5.74, 6) is -0.682. The van der Waals surface area contributed by atoms with Crippen LogP contribution in [0.4, 0.5) is 4.39 Å². The van der Waals surface area contributed by atoms with Crippen molar-refractivity contribution in [1.29, 1.82) is 0 Å². The molecule has 1 aromatic rings. The van der Waals surface area contributed by atoms with Gasteiger partial charge in [0.1, 0.15) is 5.82 Å². The van der Waals surface area contributed by atoms with Crippen LogP contribution < -0.4 is 5.32 Å². The molecule has 21 heavy (non-hydrogen) atoms. The van der Waals surface area contributed by atoms with Gasteiger partial charge < -0.3 is 5.32 Å². The highest BCUT2D eigenvalue weighted by atomic mass is 32.2. The molecule has 1 amide bonds. The van der Waals surface area contributed by atoms with Crippen LogP contribution >= 0.6 is 0 Å². The van der Waals surface area contributed by atoms with Crippen molar-refractivity contribution in [3.63, 3.8) is 0 Å². The lowest BCUT2D eigenvalue weighted by Gasteiger charge is -2.24. The van der Waals surface area contributed by atoms with Gasteiger partial charge in [0.25, 0.3) is 0 Å². The first kappa shape index (κ1) is 14.5. The minimum Gasteiger partial charge on any atom is -0.350 e. The first-order valence-electron chi connectivity index (χ1n) is 7.07. The molecule has 0 aromatic heterocycles. The number of nitrogens with one attached hydrogen (secondary N) is 1. The summed E-state index contributed by atoms with van der Waals surface area (Å²) in [4.78, 5) is 12.2. The molecule has 3 unspecified atom stereocenters. The Labute approximate surface area is 123 Å². The molecule has 0 spiro atoms. The van der Waals surface area contributed by atoms with E-state index in [4.69, 9.17) is 0 Å². The third-order valence-electron chi connectivity index (χ3n) is 4.36. The van der Waals surface area contributed by atoms with Gasteiger partial charge in [0.05, 0.1) is 17.0 Å². The molecule has 1 heterocycles. The second-order valence-electron chi connectivity index (χ2n) is 6.36. The summed E-state index contributed by atoms with van der Waals surface area (Å²) in [6, 6.07) is 6.49. The molecule has 1 aliphatic carbocycles. The first-order chi connectivity index (χ1) is 9.80. The second kappa shape index (κ2) is 4.80. The van der Waals surface area contributed by atoms with E-state index >= 15 is 0 Å². The monoisotopic (exact) mass is 311 g/mol. The van der Waals surface area contributed by atoms with Gasteiger partial charge in [0.2, 0.25) is 5.91 Å². The molecular formula is C15H18FNO3S. The summed E-state index contributed by atoms with van der Waals surface area (Å²) < 4.78 is 36.8. The largest absolute Gasteiger partial charge is 0.350 e. The molecule has 0 radical (unpaired) electrons. The summed E-state index contributed by atoms with van der Waals surface area (Å²) in [5, 5.41) is 2.85. The summed E-state index contributed by atoms with van der Waals surface area (Å²) in [6.45, 7) is 1.76. The maximum absolute atomic E-state index is 13.7. The lowest BCUT2D eigenvalue weighted by molar-refractivity contribution is -0.123. The van der Waals surface area contributed by atoms with Gasteiger partial charge in [0, 0.05) is 5.92 Å². The topological polar surface area (TPSA) is 63.2 Å². The van der Waals surface area contributed by atoms with E-state index in [0.717, 1.165) is 0 Å². The number of hydrogen-bond acceptors (Lipinski definition) is 3. The third-order valence-corrected chi connectivity index (χ3v) is 6.26. The molecule has 1 saturated heterocycles. The van der Waals surface area contributed by atoms with Crippen LogP contribution in [0.25, 0.3) is 0 Å². The smallest absolute Gasteiger partial charge is 0.224 e. The average Bonchev–Trinajstić information content (AvgIpc) is 3.12. The fraction of sp³-hybridized carbons (Fsp3) is 0.533. The average molecular weight is 311 g/mol. The van der Waals surface area contributed by atoms with E-state index in [2.05, 4.69) is 5.32 Å². The Balaban J connectivity index is 1.65. The van der Waals surface area contributed by atoms with E-state index < -0.39 is 15.4 Å². The van der Waals surface area contributed by atoms with E-state index in [1.54, 1.807) is 25.1 Å². The molecule has 1 N–H and O–H groups in total. The summed E-state index contributed by atoms with van der Waals surface area (Å²) >= 11 is 0. The van der Waals surface area contributed by atoms with Gasteiger partial charge in [-0.25, -0.2) is 12.8 Å². The molecule has 1 aromatic carbocycles. The highest BCUT2D eigenvalue weighted by molar-refractivity contribution is 7.91. The summed E-state index contributed by atoms with van der Waals surface area (Å²) in [5.41, 5.74) is -0.111. The number of halogens is 1. The third kappa shape index (κ3) is 2.95. The van der Waals surface area contributed by atoms with E-state index in [-0.39, 0.29) is 35.1 Å². The van der Waals surface area contributed by atoms with Crippen LogP contribution in [0.2, 0.25) is 0 Å². The standard InChI is InChI=1S/C15H18FNO3S/c1-15(6-7-21(19,20)9-15)17-14(18)12-8-11(12)10-4-2-3-5-13(10)16/h2-5,11-12H,6-9H2,1H3,(H,17,18). The zero-order chi connectivity index (χ0) is 15.3. The molecule has 6 heteroatoms. The zero-order valence-corrected chi connectivity index (χ0v) is 12.6. The van der Waals surface area contributed by atoms with Crippen LogP contribution in [0.15, 0.2) is 24.3 Å². The van der Waals surface area contributed by atoms with Crippen molar-refractivity contribution < 1.29 is 17.6 Å². The highest BCUT2D eigenvalue weighted by Crippen LogP contribution is 2.48. The van der Waals surface area contributed by atoms with Crippen molar-refractivity contribution in [3.05, 3.63) is 35.6 Å². The SMILES string of the molecule is CC1(NC(=O)C2CC2c2ccccc2F)CCS(=O)(=O)C1. The lowest BCUT2D eigenvalue weighted by atomic mass is 10.0. The van der Waals surface area contributed by atoms with Crippen LogP contribution in [0.1, 0.15) is 31.2 Å². The van der Waals surface area contributed by atoms with Crippen LogP contribution in [-0.2, 0) is 14.6 Å². The van der Waals surface area contributed by atoms with Gasteiger partial charge in [-0.1, -0.05) is 18.2 Å². The Morgan fingerprint density at radius 3 is 2.71 bits per heavy atom. The van der Waals surface area contributed by atoms with Crippen molar-refractivity contribution in [2.45, 2.75) is 31.2 Å². The maximum Gasteiger partial charge on any atom is 0.224 e. The van der Waals surface area contributed by atoms with Crippen molar-refractivity contribution in [2.24, 2.45) is 5.92 Å². The number of carbonyl (C=O) groups excluding carboxylic acids is 1. The number of benzene rings is 1.